The van der Waals surface area contributed by atoms with Crippen molar-refractivity contribution in [3.8, 4) is 0 Å². The van der Waals surface area contributed by atoms with E-state index in [1.54, 1.807) is 0 Å². The molecule has 0 spiro atoms. The summed E-state index contributed by atoms with van der Waals surface area (Å²) in [6, 6.07) is 0. The van der Waals surface area contributed by atoms with Crippen LogP contribution in [0.3, 0.4) is 0 Å². The maximum Gasteiger partial charge on any atom is 0.137 e. The van der Waals surface area contributed by atoms with Crippen molar-refractivity contribution < 1.29 is 0 Å². The summed E-state index contributed by atoms with van der Waals surface area (Å²) in [5.41, 5.74) is 1.05. The van der Waals surface area contributed by atoms with Crippen molar-refractivity contribution in [1.82, 2.24) is 9.97 Å². The molecule has 2 heterocycles. The van der Waals surface area contributed by atoms with Crippen LogP contribution < -0.4 is 5.32 Å². The Morgan fingerprint density at radius 1 is 1.50 bits per heavy atom. The summed E-state index contributed by atoms with van der Waals surface area (Å²) in [5.74, 6) is 2.18. The summed E-state index contributed by atoms with van der Waals surface area (Å²) in [4.78, 5) is 8.40. The maximum atomic E-state index is 6.14. The molecule has 0 bridgehead atoms. The minimum atomic E-state index is 0.334. The average Bonchev–Trinajstić information content (AvgIpc) is 2.78. The van der Waals surface area contributed by atoms with Gasteiger partial charge >= 0.3 is 0 Å². The van der Waals surface area contributed by atoms with Crippen LogP contribution in [0, 0.1) is 0 Å². The highest BCUT2D eigenvalue weighted by atomic mass is 35.5. The van der Waals surface area contributed by atoms with E-state index in [-0.39, 0.29) is 0 Å². The molecular formula is C13H20ClN3S. The molecule has 1 fully saturated rings. The molecule has 0 saturated carbocycles. The maximum absolute atomic E-state index is 6.14. The molecule has 1 N–H and O–H groups in total. The van der Waals surface area contributed by atoms with E-state index in [1.165, 1.54) is 24.9 Å². The lowest BCUT2D eigenvalue weighted by molar-refractivity contribution is 0.633. The Kier molecular flexibility index (Phi) is 4.73. The van der Waals surface area contributed by atoms with E-state index in [2.05, 4.69) is 29.1 Å². The van der Waals surface area contributed by atoms with Gasteiger partial charge in [-0.25, -0.2) is 9.97 Å². The number of thioether (sulfide) groups is 1. The minimum absolute atomic E-state index is 0.334. The van der Waals surface area contributed by atoms with Crippen molar-refractivity contribution in [3.05, 3.63) is 17.0 Å². The molecule has 18 heavy (non-hydrogen) atoms. The van der Waals surface area contributed by atoms with Gasteiger partial charge in [0.2, 0.25) is 0 Å². The monoisotopic (exact) mass is 285 g/mol. The van der Waals surface area contributed by atoms with Gasteiger partial charge in [0.15, 0.2) is 0 Å². The number of hydrogen-bond donors (Lipinski definition) is 1. The van der Waals surface area contributed by atoms with Crippen LogP contribution in [0.4, 0.5) is 5.82 Å². The van der Waals surface area contributed by atoms with Gasteiger partial charge in [-0.05, 0) is 31.9 Å². The fraction of sp³-hybridized carbons (Fsp3) is 0.692. The van der Waals surface area contributed by atoms with Gasteiger partial charge in [-0.3, -0.25) is 0 Å². The van der Waals surface area contributed by atoms with Gasteiger partial charge < -0.3 is 5.32 Å². The molecule has 1 unspecified atom stereocenters. The number of halogens is 1. The fourth-order valence-corrected chi connectivity index (χ4v) is 3.73. The first kappa shape index (κ1) is 13.9. The largest absolute Gasteiger partial charge is 0.368 e. The first-order chi connectivity index (χ1) is 8.64. The first-order valence-electron chi connectivity index (χ1n) is 6.52. The third-order valence-corrected chi connectivity index (χ3v) is 5.19. The molecule has 0 radical (unpaired) electrons. The van der Waals surface area contributed by atoms with E-state index in [1.807, 2.05) is 11.8 Å². The van der Waals surface area contributed by atoms with E-state index in [0.717, 1.165) is 30.8 Å². The number of anilines is 1. The number of hydrogen-bond acceptors (Lipinski definition) is 4. The molecule has 1 aromatic rings. The zero-order valence-corrected chi connectivity index (χ0v) is 12.6. The van der Waals surface area contributed by atoms with Crippen LogP contribution >= 0.6 is 23.4 Å². The van der Waals surface area contributed by atoms with Gasteiger partial charge in [-0.1, -0.05) is 24.9 Å². The van der Waals surface area contributed by atoms with Crippen LogP contribution in [-0.2, 0) is 6.42 Å². The normalized spacial score (nSPS) is 23.3. The summed E-state index contributed by atoms with van der Waals surface area (Å²) in [7, 11) is 0. The van der Waals surface area contributed by atoms with Gasteiger partial charge in [0.05, 0.1) is 0 Å². The Morgan fingerprint density at radius 3 is 3.00 bits per heavy atom. The molecule has 1 aliphatic heterocycles. The highest BCUT2D eigenvalue weighted by Gasteiger charge is 2.29. The fourth-order valence-electron chi connectivity index (χ4n) is 2.26. The molecule has 1 saturated heterocycles. The molecular weight excluding hydrogens is 266 g/mol. The number of rotatable bonds is 5. The smallest absolute Gasteiger partial charge is 0.137 e. The SMILES string of the molecule is CCCc1c(Cl)ncnc1NCC1(C)CCCS1. The topological polar surface area (TPSA) is 37.8 Å². The second kappa shape index (κ2) is 6.11. The van der Waals surface area contributed by atoms with Gasteiger partial charge in [-0.2, -0.15) is 11.8 Å². The van der Waals surface area contributed by atoms with E-state index >= 15 is 0 Å². The van der Waals surface area contributed by atoms with Crippen LogP contribution in [0.25, 0.3) is 0 Å². The predicted molar refractivity (Wildman–Crippen MR) is 79.6 cm³/mol. The minimum Gasteiger partial charge on any atom is -0.368 e. The van der Waals surface area contributed by atoms with Crippen molar-refractivity contribution >= 4 is 29.2 Å². The molecule has 3 nitrogen and oxygen atoms in total. The average molecular weight is 286 g/mol. The van der Waals surface area contributed by atoms with E-state index in [9.17, 15) is 0 Å². The molecule has 0 amide bonds. The first-order valence-corrected chi connectivity index (χ1v) is 7.88. The number of nitrogens with zero attached hydrogens (tertiary/aromatic N) is 2. The van der Waals surface area contributed by atoms with Crippen LogP contribution in [0.2, 0.25) is 5.15 Å². The summed E-state index contributed by atoms with van der Waals surface area (Å²) in [6.45, 7) is 5.41. The summed E-state index contributed by atoms with van der Waals surface area (Å²) in [5, 5.41) is 4.05. The highest BCUT2D eigenvalue weighted by Crippen LogP contribution is 2.37. The van der Waals surface area contributed by atoms with Gasteiger partial charge in [0.1, 0.15) is 17.3 Å². The van der Waals surface area contributed by atoms with Crippen molar-refractivity contribution in [2.24, 2.45) is 0 Å². The number of aromatic nitrogens is 2. The van der Waals surface area contributed by atoms with Crippen LogP contribution in [0.5, 0.6) is 0 Å². The highest BCUT2D eigenvalue weighted by molar-refractivity contribution is 8.00. The Balaban J connectivity index is 2.06. The Morgan fingerprint density at radius 2 is 2.33 bits per heavy atom. The van der Waals surface area contributed by atoms with Crippen LogP contribution in [-0.4, -0.2) is 27.0 Å². The van der Waals surface area contributed by atoms with Crippen LogP contribution in [0.1, 0.15) is 38.7 Å². The van der Waals surface area contributed by atoms with Crippen molar-refractivity contribution in [2.75, 3.05) is 17.6 Å². The number of nitrogens with one attached hydrogen (secondary N) is 1. The van der Waals surface area contributed by atoms with Gasteiger partial charge in [0, 0.05) is 16.9 Å². The molecule has 100 valence electrons. The molecule has 0 aromatic carbocycles. The Bertz CT molecular complexity index is 405. The standard InChI is InChI=1S/C13H20ClN3S/c1-3-5-10-11(14)16-9-17-12(10)15-8-13(2)6-4-7-18-13/h9H,3-8H2,1-2H3,(H,15,16,17). The molecule has 5 heteroatoms. The van der Waals surface area contributed by atoms with E-state index < -0.39 is 0 Å². The summed E-state index contributed by atoms with van der Waals surface area (Å²) < 4.78 is 0.334. The lowest BCUT2D eigenvalue weighted by atomic mass is 10.1. The van der Waals surface area contributed by atoms with E-state index in [4.69, 9.17) is 11.6 Å². The molecule has 1 atom stereocenters. The Hall–Kier alpha value is -0.480. The lowest BCUT2D eigenvalue weighted by Crippen LogP contribution is -2.27. The third-order valence-electron chi connectivity index (χ3n) is 3.32. The second-order valence-electron chi connectivity index (χ2n) is 5.00. The zero-order valence-electron chi connectivity index (χ0n) is 11.0. The lowest BCUT2D eigenvalue weighted by Gasteiger charge is -2.24. The molecule has 0 aliphatic carbocycles. The van der Waals surface area contributed by atoms with Crippen molar-refractivity contribution in [1.29, 1.82) is 0 Å². The van der Waals surface area contributed by atoms with Crippen molar-refractivity contribution in [3.63, 3.8) is 0 Å². The predicted octanol–water partition coefficient (Wildman–Crippen LogP) is 3.78. The van der Waals surface area contributed by atoms with Crippen LogP contribution in [0.15, 0.2) is 6.33 Å². The summed E-state index contributed by atoms with van der Waals surface area (Å²) >= 11 is 8.19. The molecule has 1 aliphatic rings. The van der Waals surface area contributed by atoms with Gasteiger partial charge in [-0.15, -0.1) is 0 Å². The Labute approximate surface area is 118 Å². The second-order valence-corrected chi connectivity index (χ2v) is 7.04. The summed E-state index contributed by atoms with van der Waals surface area (Å²) in [6.07, 6.45) is 6.09. The molecule has 2 rings (SSSR count). The van der Waals surface area contributed by atoms with Crippen molar-refractivity contribution in [2.45, 2.75) is 44.3 Å². The van der Waals surface area contributed by atoms with Gasteiger partial charge in [0.25, 0.3) is 0 Å². The third kappa shape index (κ3) is 3.29. The quantitative estimate of drug-likeness (QED) is 0.836. The molecule has 1 aromatic heterocycles. The van der Waals surface area contributed by atoms with E-state index in [0.29, 0.717) is 9.90 Å². The zero-order chi connectivity index (χ0) is 13.0.